The second kappa shape index (κ2) is 5.53. The first-order valence-electron chi connectivity index (χ1n) is 6.45. The fraction of sp³-hybridized carbons (Fsp3) is 0.0667. The number of hydrogen-bond donors (Lipinski definition) is 1. The fourth-order valence-electron chi connectivity index (χ4n) is 2.26. The van der Waals surface area contributed by atoms with E-state index in [9.17, 15) is 14.9 Å². The number of carbonyl (C=O) groups excluding carboxylic acids is 1. The zero-order valence-corrected chi connectivity index (χ0v) is 12.4. The zero-order valence-electron chi connectivity index (χ0n) is 11.6. The molecule has 0 aliphatic rings. The predicted octanol–water partition coefficient (Wildman–Crippen LogP) is 3.77. The molecule has 0 spiro atoms. The van der Waals surface area contributed by atoms with Gasteiger partial charge >= 0.3 is 0 Å². The van der Waals surface area contributed by atoms with Crippen molar-refractivity contribution in [1.82, 2.24) is 4.98 Å². The molecule has 1 aromatic carbocycles. The Morgan fingerprint density at radius 1 is 1.32 bits per heavy atom. The van der Waals surface area contributed by atoms with Gasteiger partial charge in [-0.05, 0) is 30.0 Å². The smallest absolute Gasteiger partial charge is 0.282 e. The van der Waals surface area contributed by atoms with Crippen molar-refractivity contribution in [1.29, 1.82) is 0 Å². The number of nitro groups is 1. The van der Waals surface area contributed by atoms with Crippen molar-refractivity contribution >= 4 is 38.8 Å². The summed E-state index contributed by atoms with van der Waals surface area (Å²) in [7, 11) is 0. The Bertz CT molecular complexity index is 889. The average molecular weight is 313 g/mol. The summed E-state index contributed by atoms with van der Waals surface area (Å²) < 4.78 is 0.990. The minimum atomic E-state index is -0.555. The summed E-state index contributed by atoms with van der Waals surface area (Å²) in [5, 5.41) is 16.5. The molecule has 1 N–H and O–H groups in total. The van der Waals surface area contributed by atoms with Crippen molar-refractivity contribution in [3.05, 3.63) is 63.1 Å². The summed E-state index contributed by atoms with van der Waals surface area (Å²) in [6, 6.07) is 8.25. The van der Waals surface area contributed by atoms with Crippen molar-refractivity contribution in [3.8, 4) is 0 Å². The van der Waals surface area contributed by atoms with E-state index in [0.717, 1.165) is 10.1 Å². The molecule has 2 aromatic heterocycles. The highest BCUT2D eigenvalue weighted by Crippen LogP contribution is 2.28. The molecule has 6 nitrogen and oxygen atoms in total. The summed E-state index contributed by atoms with van der Waals surface area (Å²) in [4.78, 5) is 27.2. The number of thiophene rings is 1. The maximum Gasteiger partial charge on any atom is 0.282 e. The number of nitrogens with zero attached hydrogens (tertiary/aromatic N) is 2. The molecule has 1 amide bonds. The molecule has 0 bridgehead atoms. The molecular formula is C15H11N3O3S. The van der Waals surface area contributed by atoms with Gasteiger partial charge in [0.25, 0.3) is 11.6 Å². The topological polar surface area (TPSA) is 85.1 Å². The van der Waals surface area contributed by atoms with Crippen LogP contribution < -0.4 is 5.32 Å². The molecule has 0 aliphatic heterocycles. The Balaban J connectivity index is 2.02. The van der Waals surface area contributed by atoms with Crippen molar-refractivity contribution in [2.24, 2.45) is 0 Å². The number of benzene rings is 1. The third kappa shape index (κ3) is 2.42. The molecule has 7 heteroatoms. The van der Waals surface area contributed by atoms with Gasteiger partial charge < -0.3 is 5.32 Å². The average Bonchev–Trinajstić information content (AvgIpc) is 2.96. The molecule has 22 heavy (non-hydrogen) atoms. The van der Waals surface area contributed by atoms with E-state index in [4.69, 9.17) is 0 Å². The molecule has 110 valence electrons. The van der Waals surface area contributed by atoms with E-state index in [2.05, 4.69) is 10.3 Å². The summed E-state index contributed by atoms with van der Waals surface area (Å²) in [6.45, 7) is 1.67. The summed E-state index contributed by atoms with van der Waals surface area (Å²) in [5.74, 6) is -0.127. The minimum absolute atomic E-state index is 0.0570. The van der Waals surface area contributed by atoms with Gasteiger partial charge in [-0.25, -0.2) is 4.98 Å². The van der Waals surface area contributed by atoms with Crippen LogP contribution in [0.4, 0.5) is 11.5 Å². The van der Waals surface area contributed by atoms with Crippen LogP contribution in [0.25, 0.3) is 10.1 Å². The van der Waals surface area contributed by atoms with Crippen LogP contribution in [0.15, 0.2) is 41.9 Å². The molecular weight excluding hydrogens is 302 g/mol. The minimum Gasteiger partial charge on any atom is -0.306 e. The number of nitro benzene ring substituents is 1. The lowest BCUT2D eigenvalue weighted by molar-refractivity contribution is -0.385. The molecule has 0 fully saturated rings. The second-order valence-corrected chi connectivity index (χ2v) is 5.62. The number of nitrogens with one attached hydrogen (secondary N) is 1. The van der Waals surface area contributed by atoms with E-state index >= 15 is 0 Å². The van der Waals surface area contributed by atoms with Crippen LogP contribution in [0.1, 0.15) is 15.9 Å². The van der Waals surface area contributed by atoms with Crippen molar-refractivity contribution < 1.29 is 9.72 Å². The van der Waals surface area contributed by atoms with Gasteiger partial charge in [0.15, 0.2) is 0 Å². The SMILES string of the molecule is Cc1cccc([N+](=O)[O-])c1C(=O)Nc1nccc2sccc12. The molecule has 0 aliphatic carbocycles. The van der Waals surface area contributed by atoms with Gasteiger partial charge in [0, 0.05) is 22.3 Å². The van der Waals surface area contributed by atoms with Crippen molar-refractivity contribution in [2.45, 2.75) is 6.92 Å². The number of hydrogen-bond acceptors (Lipinski definition) is 5. The van der Waals surface area contributed by atoms with Crippen LogP contribution in [0.5, 0.6) is 0 Å². The van der Waals surface area contributed by atoms with Crippen molar-refractivity contribution in [2.75, 3.05) is 5.32 Å². The van der Waals surface area contributed by atoms with Gasteiger partial charge in [0.2, 0.25) is 0 Å². The highest BCUT2D eigenvalue weighted by Gasteiger charge is 2.23. The quantitative estimate of drug-likeness (QED) is 0.589. The van der Waals surface area contributed by atoms with E-state index in [-0.39, 0.29) is 11.3 Å². The van der Waals surface area contributed by atoms with Crippen molar-refractivity contribution in [3.63, 3.8) is 0 Å². The first-order chi connectivity index (χ1) is 10.6. The number of fused-ring (bicyclic) bond motifs is 1. The van der Waals surface area contributed by atoms with Gasteiger partial charge in [0.1, 0.15) is 11.4 Å². The third-order valence-electron chi connectivity index (χ3n) is 3.29. The lowest BCUT2D eigenvalue weighted by Crippen LogP contribution is -2.16. The molecule has 0 saturated carbocycles. The molecule has 3 aromatic rings. The lowest BCUT2D eigenvalue weighted by atomic mass is 10.1. The van der Waals surface area contributed by atoms with Gasteiger partial charge in [-0.1, -0.05) is 12.1 Å². The van der Waals surface area contributed by atoms with Crippen LogP contribution in [-0.4, -0.2) is 15.8 Å². The lowest BCUT2D eigenvalue weighted by Gasteiger charge is -2.08. The Hall–Kier alpha value is -2.80. The third-order valence-corrected chi connectivity index (χ3v) is 4.17. The number of anilines is 1. The number of carbonyl (C=O) groups is 1. The summed E-state index contributed by atoms with van der Waals surface area (Å²) in [6.07, 6.45) is 1.60. The second-order valence-electron chi connectivity index (χ2n) is 4.67. The van der Waals surface area contributed by atoms with Crippen LogP contribution in [0.2, 0.25) is 0 Å². The van der Waals surface area contributed by atoms with E-state index in [1.165, 1.54) is 17.4 Å². The number of aryl methyl sites for hydroxylation is 1. The molecule has 0 radical (unpaired) electrons. The number of rotatable bonds is 3. The van der Waals surface area contributed by atoms with Gasteiger partial charge in [0.05, 0.1) is 4.92 Å². The standard InChI is InChI=1S/C15H11N3O3S/c1-9-3-2-4-11(18(20)21)13(9)15(19)17-14-10-6-8-22-12(10)5-7-16-14/h2-8H,1H3,(H,16,17,19). The molecule has 0 atom stereocenters. The van der Waals surface area contributed by atoms with E-state index < -0.39 is 10.8 Å². The summed E-state index contributed by atoms with van der Waals surface area (Å²) >= 11 is 1.54. The highest BCUT2D eigenvalue weighted by atomic mass is 32.1. The number of pyridine rings is 1. The van der Waals surface area contributed by atoms with E-state index in [1.807, 2.05) is 17.5 Å². The highest BCUT2D eigenvalue weighted by molar-refractivity contribution is 7.17. The maximum atomic E-state index is 12.5. The molecule has 0 unspecified atom stereocenters. The Morgan fingerprint density at radius 2 is 2.14 bits per heavy atom. The number of amides is 1. The first-order valence-corrected chi connectivity index (χ1v) is 7.33. The predicted molar refractivity (Wildman–Crippen MR) is 85.4 cm³/mol. The van der Waals surface area contributed by atoms with Crippen LogP contribution in [-0.2, 0) is 0 Å². The van der Waals surface area contributed by atoms with Gasteiger partial charge in [-0.2, -0.15) is 0 Å². The van der Waals surface area contributed by atoms with Crippen LogP contribution >= 0.6 is 11.3 Å². The number of aromatic nitrogens is 1. The summed E-state index contributed by atoms with van der Waals surface area (Å²) in [5.41, 5.74) is 0.390. The molecule has 0 saturated heterocycles. The molecule has 3 rings (SSSR count). The Kier molecular flexibility index (Phi) is 3.56. The normalized spacial score (nSPS) is 10.6. The Morgan fingerprint density at radius 3 is 2.91 bits per heavy atom. The van der Waals surface area contributed by atoms with Gasteiger partial charge in [-0.3, -0.25) is 14.9 Å². The fourth-order valence-corrected chi connectivity index (χ4v) is 3.05. The Labute approximate surface area is 129 Å². The zero-order chi connectivity index (χ0) is 15.7. The van der Waals surface area contributed by atoms with E-state index in [1.54, 1.807) is 25.3 Å². The molecule has 2 heterocycles. The largest absolute Gasteiger partial charge is 0.306 e. The van der Waals surface area contributed by atoms with Crippen LogP contribution in [0.3, 0.4) is 0 Å². The van der Waals surface area contributed by atoms with Crippen LogP contribution in [0, 0.1) is 17.0 Å². The maximum absolute atomic E-state index is 12.5. The van der Waals surface area contributed by atoms with E-state index in [0.29, 0.717) is 11.4 Å². The monoisotopic (exact) mass is 313 g/mol. The van der Waals surface area contributed by atoms with Gasteiger partial charge in [-0.15, -0.1) is 11.3 Å². The first kappa shape index (κ1) is 14.2.